The van der Waals surface area contributed by atoms with Gasteiger partial charge in [0.25, 0.3) is 0 Å². The molecule has 1 aromatic carbocycles. The van der Waals surface area contributed by atoms with Gasteiger partial charge >= 0.3 is 0 Å². The number of halogens is 1. The molecule has 1 aliphatic rings. The number of Topliss-reactive ketones (excluding diaryl/α,β-unsaturated/α-hetero) is 1. The summed E-state index contributed by atoms with van der Waals surface area (Å²) in [5, 5.41) is 0.851. The number of benzene rings is 1. The van der Waals surface area contributed by atoms with Gasteiger partial charge in [0, 0.05) is 48.9 Å². The summed E-state index contributed by atoms with van der Waals surface area (Å²) in [5.41, 5.74) is 1.88. The predicted octanol–water partition coefficient (Wildman–Crippen LogP) is 2.75. The van der Waals surface area contributed by atoms with Crippen LogP contribution < -0.4 is 4.57 Å². The highest BCUT2D eigenvalue weighted by atomic mass is 19.1. The van der Waals surface area contributed by atoms with Gasteiger partial charge in [0.05, 0.1) is 6.54 Å². The SMILES string of the molecule is O=C(CCCC[n+]1cc[nH]c1)[C@@H]1CC(=O)N(CCc2c[nH]c3ccc(F)cc23)C1. The van der Waals surface area contributed by atoms with E-state index in [0.717, 1.165) is 35.9 Å². The molecule has 1 saturated heterocycles. The van der Waals surface area contributed by atoms with Crippen LogP contribution in [-0.2, 0) is 22.6 Å². The van der Waals surface area contributed by atoms with Crippen LogP contribution >= 0.6 is 0 Å². The Morgan fingerprint density at radius 3 is 3.03 bits per heavy atom. The molecule has 0 saturated carbocycles. The van der Waals surface area contributed by atoms with Crippen LogP contribution in [0.25, 0.3) is 10.9 Å². The van der Waals surface area contributed by atoms with Crippen LogP contribution in [0, 0.1) is 11.7 Å². The molecule has 4 rings (SSSR count). The second-order valence-corrected chi connectivity index (χ2v) is 7.77. The normalized spacial score (nSPS) is 16.8. The summed E-state index contributed by atoms with van der Waals surface area (Å²) in [5.74, 6) is -0.231. The Morgan fingerprint density at radius 2 is 2.21 bits per heavy atom. The van der Waals surface area contributed by atoms with Crippen molar-refractivity contribution in [1.82, 2.24) is 14.9 Å². The van der Waals surface area contributed by atoms with Crippen molar-refractivity contribution in [3.8, 4) is 0 Å². The Bertz CT molecular complexity index is 996. The third-order valence-electron chi connectivity index (χ3n) is 5.74. The van der Waals surface area contributed by atoms with Crippen LogP contribution in [0.2, 0.25) is 0 Å². The summed E-state index contributed by atoms with van der Waals surface area (Å²) in [6, 6.07) is 4.67. The summed E-state index contributed by atoms with van der Waals surface area (Å²) in [6.45, 7) is 1.94. The van der Waals surface area contributed by atoms with Gasteiger partial charge in [0.15, 0.2) is 0 Å². The molecule has 1 atom stereocenters. The van der Waals surface area contributed by atoms with Gasteiger partial charge in [-0.15, -0.1) is 0 Å². The number of imidazole rings is 1. The Labute approximate surface area is 168 Å². The quantitative estimate of drug-likeness (QED) is 0.430. The number of amides is 1. The number of rotatable bonds is 9. The van der Waals surface area contributed by atoms with Gasteiger partial charge in [-0.25, -0.2) is 8.96 Å². The molecule has 1 amide bonds. The van der Waals surface area contributed by atoms with E-state index in [-0.39, 0.29) is 23.4 Å². The zero-order valence-corrected chi connectivity index (χ0v) is 16.4. The number of H-pyrrole nitrogens is 2. The lowest BCUT2D eigenvalue weighted by atomic mass is 9.99. The first-order valence-electron chi connectivity index (χ1n) is 10.2. The highest BCUT2D eigenvalue weighted by Crippen LogP contribution is 2.23. The third kappa shape index (κ3) is 4.55. The molecule has 29 heavy (non-hydrogen) atoms. The minimum Gasteiger partial charge on any atom is -0.361 e. The van der Waals surface area contributed by atoms with Gasteiger partial charge < -0.3 is 9.88 Å². The number of aromatic nitrogens is 3. The van der Waals surface area contributed by atoms with Crippen LogP contribution in [0.3, 0.4) is 0 Å². The van der Waals surface area contributed by atoms with Crippen molar-refractivity contribution in [2.24, 2.45) is 5.92 Å². The lowest BCUT2D eigenvalue weighted by Crippen LogP contribution is -2.30. The van der Waals surface area contributed by atoms with Gasteiger partial charge in [-0.05, 0) is 43.0 Å². The van der Waals surface area contributed by atoms with Gasteiger partial charge in [-0.2, -0.15) is 0 Å². The average molecular weight is 397 g/mol. The van der Waals surface area contributed by atoms with Crippen molar-refractivity contribution in [2.75, 3.05) is 13.1 Å². The number of nitrogens with zero attached hydrogens (tertiary/aromatic N) is 2. The highest BCUT2D eigenvalue weighted by Gasteiger charge is 2.33. The van der Waals surface area contributed by atoms with Crippen molar-refractivity contribution in [3.05, 3.63) is 54.5 Å². The third-order valence-corrected chi connectivity index (χ3v) is 5.74. The topological polar surface area (TPSA) is 72.8 Å². The standard InChI is InChI=1S/C22H25FN4O2/c23-18-4-5-20-19(12-18)16(13-25-20)6-9-27-14-17(11-22(27)29)21(28)3-1-2-8-26-10-7-24-15-26/h4-5,7,10,12-13,15,17,25H,1-3,6,8-9,11,14H2/p+1/t17-/m1/s1. The first-order chi connectivity index (χ1) is 14.1. The largest absolute Gasteiger partial charge is 0.361 e. The van der Waals surface area contributed by atoms with E-state index in [9.17, 15) is 14.0 Å². The number of carbonyl (C=O) groups is 2. The number of aromatic amines is 2. The minimum absolute atomic E-state index is 0.0391. The van der Waals surface area contributed by atoms with E-state index in [4.69, 9.17) is 0 Å². The Balaban J connectivity index is 1.25. The molecule has 1 fully saturated rings. The van der Waals surface area contributed by atoms with Crippen molar-refractivity contribution in [3.63, 3.8) is 0 Å². The second kappa shape index (κ2) is 8.59. The molecule has 0 radical (unpaired) electrons. The number of likely N-dealkylation sites (tertiary alicyclic amines) is 1. The molecule has 0 bridgehead atoms. The minimum atomic E-state index is -0.267. The fraction of sp³-hybridized carbons (Fsp3) is 0.409. The lowest BCUT2D eigenvalue weighted by molar-refractivity contribution is -0.696. The van der Waals surface area contributed by atoms with E-state index in [1.165, 1.54) is 12.1 Å². The molecule has 2 N–H and O–H groups in total. The molecule has 0 aliphatic carbocycles. The van der Waals surface area contributed by atoms with Crippen LogP contribution in [0.1, 0.15) is 31.2 Å². The van der Waals surface area contributed by atoms with Gasteiger partial charge in [-0.3, -0.25) is 14.6 Å². The number of hydrogen-bond acceptors (Lipinski definition) is 2. The lowest BCUT2D eigenvalue weighted by Gasteiger charge is -2.16. The number of ketones is 1. The van der Waals surface area contributed by atoms with Crippen LogP contribution in [0.15, 0.2) is 43.1 Å². The fourth-order valence-electron chi connectivity index (χ4n) is 4.07. The smallest absolute Gasteiger partial charge is 0.241 e. The zero-order chi connectivity index (χ0) is 20.2. The molecular weight excluding hydrogens is 371 g/mol. The number of unbranched alkanes of at least 4 members (excludes halogenated alkanes) is 1. The maximum atomic E-state index is 13.5. The monoisotopic (exact) mass is 397 g/mol. The molecule has 6 nitrogen and oxygen atoms in total. The molecule has 2 aromatic heterocycles. The Hall–Kier alpha value is -2.96. The van der Waals surface area contributed by atoms with Crippen molar-refractivity contribution >= 4 is 22.6 Å². The van der Waals surface area contributed by atoms with E-state index >= 15 is 0 Å². The Morgan fingerprint density at radius 1 is 1.31 bits per heavy atom. The van der Waals surface area contributed by atoms with Crippen molar-refractivity contribution < 1.29 is 18.5 Å². The van der Waals surface area contributed by atoms with Crippen LogP contribution in [0.5, 0.6) is 0 Å². The Kier molecular flexibility index (Phi) is 5.74. The number of hydrogen-bond donors (Lipinski definition) is 2. The summed E-state index contributed by atoms with van der Waals surface area (Å²) >= 11 is 0. The molecule has 0 unspecified atom stereocenters. The summed E-state index contributed by atoms with van der Waals surface area (Å²) in [6.07, 6.45) is 10.9. The maximum absolute atomic E-state index is 13.5. The maximum Gasteiger partial charge on any atom is 0.241 e. The molecule has 7 heteroatoms. The summed E-state index contributed by atoms with van der Waals surface area (Å²) in [4.78, 5) is 32.8. The van der Waals surface area contributed by atoms with Crippen molar-refractivity contribution in [1.29, 1.82) is 0 Å². The van der Waals surface area contributed by atoms with Gasteiger partial charge in [0.1, 0.15) is 24.0 Å². The van der Waals surface area contributed by atoms with Crippen LogP contribution in [-0.4, -0.2) is 39.6 Å². The molecular formula is C22H26FN4O2+. The van der Waals surface area contributed by atoms with E-state index in [1.807, 2.05) is 24.9 Å². The van der Waals surface area contributed by atoms with Crippen molar-refractivity contribution in [2.45, 2.75) is 38.6 Å². The molecule has 0 spiro atoms. The van der Waals surface area contributed by atoms with Crippen LogP contribution in [0.4, 0.5) is 4.39 Å². The summed E-state index contributed by atoms with van der Waals surface area (Å²) < 4.78 is 15.6. The van der Waals surface area contributed by atoms with E-state index in [2.05, 4.69) is 14.5 Å². The molecule has 152 valence electrons. The van der Waals surface area contributed by atoms with Gasteiger partial charge in [-0.1, -0.05) is 0 Å². The molecule has 1 aliphatic heterocycles. The number of nitrogens with one attached hydrogen (secondary N) is 2. The first-order valence-corrected chi connectivity index (χ1v) is 10.2. The highest BCUT2D eigenvalue weighted by molar-refractivity contribution is 5.90. The van der Waals surface area contributed by atoms with E-state index < -0.39 is 0 Å². The van der Waals surface area contributed by atoms with E-state index in [0.29, 0.717) is 32.4 Å². The number of aryl methyl sites for hydroxylation is 1. The fourth-order valence-corrected chi connectivity index (χ4v) is 4.07. The number of fused-ring (bicyclic) bond motifs is 1. The second-order valence-electron chi connectivity index (χ2n) is 7.77. The van der Waals surface area contributed by atoms with E-state index in [1.54, 1.807) is 11.0 Å². The first kappa shape index (κ1) is 19.4. The predicted molar refractivity (Wildman–Crippen MR) is 106 cm³/mol. The molecule has 3 heterocycles. The molecule has 3 aromatic rings. The average Bonchev–Trinajstić information content (AvgIpc) is 3.44. The van der Waals surface area contributed by atoms with Gasteiger partial charge in [0.2, 0.25) is 12.2 Å². The zero-order valence-electron chi connectivity index (χ0n) is 16.4. The number of carbonyl (C=O) groups excluding carboxylic acids is 2. The summed E-state index contributed by atoms with van der Waals surface area (Å²) in [7, 11) is 0.